The summed E-state index contributed by atoms with van der Waals surface area (Å²) in [4.78, 5) is 31.3. The number of rotatable bonds is 4. The second-order valence-corrected chi connectivity index (χ2v) is 11.1. The van der Waals surface area contributed by atoms with Gasteiger partial charge in [0.05, 0.1) is 23.9 Å². The van der Waals surface area contributed by atoms with Crippen molar-refractivity contribution in [3.8, 4) is 17.0 Å². The number of anilines is 1. The number of para-hydroxylation sites is 1. The van der Waals surface area contributed by atoms with Crippen molar-refractivity contribution in [1.82, 2.24) is 9.30 Å². The van der Waals surface area contributed by atoms with Crippen molar-refractivity contribution in [2.45, 2.75) is 18.3 Å². The van der Waals surface area contributed by atoms with Crippen molar-refractivity contribution in [3.05, 3.63) is 126 Å². The van der Waals surface area contributed by atoms with E-state index in [1.807, 2.05) is 71.8 Å². The fourth-order valence-corrected chi connectivity index (χ4v) is 6.66. The van der Waals surface area contributed by atoms with Crippen LogP contribution in [0.1, 0.15) is 39.1 Å². The molecule has 6 nitrogen and oxygen atoms in total. The van der Waals surface area contributed by atoms with E-state index in [2.05, 4.69) is 22.6 Å². The van der Waals surface area contributed by atoms with Gasteiger partial charge in [0.15, 0.2) is 11.6 Å². The van der Waals surface area contributed by atoms with Crippen molar-refractivity contribution in [3.63, 3.8) is 0 Å². The number of pyridine rings is 1. The molecular formula is C35H30FN3O3. The molecule has 7 heteroatoms. The summed E-state index contributed by atoms with van der Waals surface area (Å²) < 4.78 is 21.4. The highest BCUT2D eigenvalue weighted by molar-refractivity contribution is 6.13. The zero-order chi connectivity index (χ0) is 28.8. The van der Waals surface area contributed by atoms with Crippen LogP contribution in [0.4, 0.5) is 10.1 Å². The number of methoxy groups -OCH3 is 1. The SMILES string of the molecule is COc1ccc(C(=O)N2CCC3(CC2)CN(C(=O)c2cc(-c4ccccc4)n4ccccc24)c2ccccc23)cc1F. The van der Waals surface area contributed by atoms with Crippen molar-refractivity contribution in [2.75, 3.05) is 31.6 Å². The van der Waals surface area contributed by atoms with Crippen molar-refractivity contribution in [2.24, 2.45) is 0 Å². The summed E-state index contributed by atoms with van der Waals surface area (Å²) in [5.41, 5.74) is 5.67. The van der Waals surface area contributed by atoms with Crippen LogP contribution in [0.2, 0.25) is 0 Å². The molecule has 2 aliphatic heterocycles. The number of fused-ring (bicyclic) bond motifs is 3. The third-order valence-electron chi connectivity index (χ3n) is 8.86. The predicted octanol–water partition coefficient (Wildman–Crippen LogP) is 6.59. The molecule has 2 aliphatic rings. The molecule has 0 bridgehead atoms. The molecule has 2 amide bonds. The van der Waals surface area contributed by atoms with Crippen molar-refractivity contribution >= 4 is 23.0 Å². The lowest BCUT2D eigenvalue weighted by Gasteiger charge is -2.40. The first-order valence-corrected chi connectivity index (χ1v) is 14.2. The molecule has 0 radical (unpaired) electrons. The third kappa shape index (κ3) is 4.15. The lowest BCUT2D eigenvalue weighted by Crippen LogP contribution is -2.47. The van der Waals surface area contributed by atoms with E-state index in [0.717, 1.165) is 28.0 Å². The lowest BCUT2D eigenvalue weighted by molar-refractivity contribution is 0.0670. The van der Waals surface area contributed by atoms with Gasteiger partial charge < -0.3 is 18.9 Å². The monoisotopic (exact) mass is 559 g/mol. The fourth-order valence-electron chi connectivity index (χ4n) is 6.66. The number of carbonyl (C=O) groups excluding carboxylic acids is 2. The maximum absolute atomic E-state index is 14.3. The molecule has 4 heterocycles. The van der Waals surface area contributed by atoms with Crippen LogP contribution in [0.3, 0.4) is 0 Å². The molecule has 0 aliphatic carbocycles. The van der Waals surface area contributed by atoms with E-state index in [-0.39, 0.29) is 23.0 Å². The molecule has 210 valence electrons. The molecule has 0 unspecified atom stereocenters. The topological polar surface area (TPSA) is 54.3 Å². The average molecular weight is 560 g/mol. The van der Waals surface area contributed by atoms with Crippen LogP contribution in [0.5, 0.6) is 5.75 Å². The number of aromatic nitrogens is 1. The van der Waals surface area contributed by atoms with Crippen LogP contribution in [0, 0.1) is 5.82 Å². The van der Waals surface area contributed by atoms with E-state index in [1.165, 1.54) is 19.2 Å². The van der Waals surface area contributed by atoms with Gasteiger partial charge in [0, 0.05) is 42.5 Å². The zero-order valence-corrected chi connectivity index (χ0v) is 23.3. The summed E-state index contributed by atoms with van der Waals surface area (Å²) in [6.45, 7) is 1.60. The summed E-state index contributed by atoms with van der Waals surface area (Å²) >= 11 is 0. The molecule has 0 atom stereocenters. The number of likely N-dealkylation sites (tertiary alicyclic amines) is 1. The Labute approximate surface area is 243 Å². The smallest absolute Gasteiger partial charge is 0.260 e. The highest BCUT2D eigenvalue weighted by atomic mass is 19.1. The molecule has 0 N–H and O–H groups in total. The van der Waals surface area contributed by atoms with Crippen LogP contribution in [0.15, 0.2) is 103 Å². The van der Waals surface area contributed by atoms with Gasteiger partial charge in [-0.1, -0.05) is 54.6 Å². The van der Waals surface area contributed by atoms with Gasteiger partial charge in [0.2, 0.25) is 0 Å². The van der Waals surface area contributed by atoms with Crippen molar-refractivity contribution < 1.29 is 18.7 Å². The van der Waals surface area contributed by atoms with E-state index in [0.29, 0.717) is 43.6 Å². The standard InChI is InChI=1S/C35H30FN3O3/c1-42-32-15-14-25(21-28(32)36)33(40)37-19-16-35(17-20-37)23-39(30-13-6-5-11-27(30)35)34(41)26-22-31(24-9-3-2-4-10-24)38-18-8-7-12-29(26)38/h2-15,18,21-22H,16-17,19-20,23H2,1H3. The summed E-state index contributed by atoms with van der Waals surface area (Å²) in [6.07, 6.45) is 3.42. The molecule has 7 rings (SSSR count). The Morgan fingerprint density at radius 1 is 0.833 bits per heavy atom. The van der Waals surface area contributed by atoms with Gasteiger partial charge >= 0.3 is 0 Å². The van der Waals surface area contributed by atoms with E-state index in [1.54, 1.807) is 11.0 Å². The first-order chi connectivity index (χ1) is 20.5. The molecule has 0 saturated carbocycles. The largest absolute Gasteiger partial charge is 0.494 e. The number of hydrogen-bond acceptors (Lipinski definition) is 3. The van der Waals surface area contributed by atoms with Crippen LogP contribution in [-0.4, -0.2) is 47.9 Å². The number of amides is 2. The van der Waals surface area contributed by atoms with Gasteiger partial charge in [-0.05, 0) is 66.4 Å². The first-order valence-electron chi connectivity index (χ1n) is 14.2. The Balaban J connectivity index is 1.18. The Bertz CT molecular complexity index is 1820. The minimum absolute atomic E-state index is 0.0302. The number of nitrogens with zero attached hydrogens (tertiary/aromatic N) is 3. The molecular weight excluding hydrogens is 529 g/mol. The molecule has 5 aromatic rings. The number of hydrogen-bond donors (Lipinski definition) is 0. The first kappa shape index (κ1) is 26.0. The minimum atomic E-state index is -0.552. The van der Waals surface area contributed by atoms with Crippen LogP contribution in [-0.2, 0) is 5.41 Å². The molecule has 1 fully saturated rings. The summed E-state index contributed by atoms with van der Waals surface area (Å²) in [5.74, 6) is -0.663. The Kier molecular flexibility index (Phi) is 6.30. The van der Waals surface area contributed by atoms with Gasteiger partial charge in [-0.2, -0.15) is 0 Å². The zero-order valence-electron chi connectivity index (χ0n) is 23.3. The van der Waals surface area contributed by atoms with Crippen molar-refractivity contribution in [1.29, 1.82) is 0 Å². The van der Waals surface area contributed by atoms with E-state index < -0.39 is 5.82 Å². The second kappa shape index (κ2) is 10.2. The maximum Gasteiger partial charge on any atom is 0.260 e. The number of benzene rings is 3. The van der Waals surface area contributed by atoms with E-state index in [9.17, 15) is 14.0 Å². The Morgan fingerprint density at radius 3 is 2.33 bits per heavy atom. The van der Waals surface area contributed by atoms with Crippen LogP contribution < -0.4 is 9.64 Å². The molecule has 1 spiro atoms. The van der Waals surface area contributed by atoms with Crippen LogP contribution in [0.25, 0.3) is 16.8 Å². The molecule has 1 saturated heterocycles. The van der Waals surface area contributed by atoms with Gasteiger partial charge in [0.25, 0.3) is 11.8 Å². The number of carbonyl (C=O) groups is 2. The maximum atomic E-state index is 14.3. The summed E-state index contributed by atoms with van der Waals surface area (Å²) in [6, 6.07) is 30.5. The molecule has 2 aromatic heterocycles. The van der Waals surface area contributed by atoms with Gasteiger partial charge in [0.1, 0.15) is 0 Å². The molecule has 3 aromatic carbocycles. The van der Waals surface area contributed by atoms with E-state index in [4.69, 9.17) is 4.74 Å². The van der Waals surface area contributed by atoms with Crippen LogP contribution >= 0.6 is 0 Å². The fraction of sp³-hybridized carbons (Fsp3) is 0.200. The highest BCUT2D eigenvalue weighted by Crippen LogP contribution is 2.48. The number of halogens is 1. The van der Waals surface area contributed by atoms with E-state index >= 15 is 0 Å². The number of piperidine rings is 1. The predicted molar refractivity (Wildman–Crippen MR) is 161 cm³/mol. The molecule has 42 heavy (non-hydrogen) atoms. The Hall–Kier alpha value is -4.91. The third-order valence-corrected chi connectivity index (χ3v) is 8.86. The van der Waals surface area contributed by atoms with Gasteiger partial charge in [-0.15, -0.1) is 0 Å². The van der Waals surface area contributed by atoms with Gasteiger partial charge in [-0.25, -0.2) is 4.39 Å². The quantitative estimate of drug-likeness (QED) is 0.250. The summed E-state index contributed by atoms with van der Waals surface area (Å²) in [5, 5.41) is 0. The lowest BCUT2D eigenvalue weighted by atomic mass is 9.74. The second-order valence-electron chi connectivity index (χ2n) is 11.1. The minimum Gasteiger partial charge on any atom is -0.494 e. The summed E-state index contributed by atoms with van der Waals surface area (Å²) in [7, 11) is 1.40. The highest BCUT2D eigenvalue weighted by Gasteiger charge is 2.47. The van der Waals surface area contributed by atoms with Gasteiger partial charge in [-0.3, -0.25) is 9.59 Å². The normalized spacial score (nSPS) is 15.7. The average Bonchev–Trinajstić information content (AvgIpc) is 3.58. The Morgan fingerprint density at radius 2 is 1.57 bits per heavy atom. The number of ether oxygens (including phenoxy) is 1.